The van der Waals surface area contributed by atoms with Crippen LogP contribution in [0.4, 0.5) is 24.7 Å². The maximum atomic E-state index is 13.0. The summed E-state index contributed by atoms with van der Waals surface area (Å²) in [5.41, 5.74) is -5.38. The van der Waals surface area contributed by atoms with E-state index in [1.807, 2.05) is 25.1 Å². The van der Waals surface area contributed by atoms with E-state index in [-0.39, 0.29) is 11.7 Å². The van der Waals surface area contributed by atoms with Crippen LogP contribution in [0.1, 0.15) is 6.92 Å². The number of benzene rings is 1. The molecule has 29 heavy (non-hydrogen) atoms. The molecule has 0 aliphatic carbocycles. The SMILES string of the molecule is CC(CN1CCN(c2ccccn2)CC1)Nc1ccccc1S(=O)(=O)C(F)(F)F. The third kappa shape index (κ3) is 4.99. The molecule has 10 heteroatoms. The van der Waals surface area contributed by atoms with Crippen LogP contribution in [0.5, 0.6) is 0 Å². The lowest BCUT2D eigenvalue weighted by molar-refractivity contribution is -0.0435. The van der Waals surface area contributed by atoms with Crippen LogP contribution in [0.25, 0.3) is 0 Å². The fourth-order valence-electron chi connectivity index (χ4n) is 3.34. The number of nitrogens with one attached hydrogen (secondary N) is 1. The van der Waals surface area contributed by atoms with Gasteiger partial charge in [0, 0.05) is 45.0 Å². The van der Waals surface area contributed by atoms with E-state index in [1.54, 1.807) is 6.20 Å². The van der Waals surface area contributed by atoms with Crippen molar-refractivity contribution in [2.45, 2.75) is 23.4 Å². The van der Waals surface area contributed by atoms with E-state index in [0.717, 1.165) is 38.1 Å². The number of alkyl halides is 3. The highest BCUT2D eigenvalue weighted by Gasteiger charge is 2.48. The van der Waals surface area contributed by atoms with E-state index in [4.69, 9.17) is 0 Å². The number of pyridine rings is 1. The van der Waals surface area contributed by atoms with Crippen molar-refractivity contribution in [3.8, 4) is 0 Å². The molecule has 0 saturated carbocycles. The molecule has 2 heterocycles. The number of nitrogens with zero attached hydrogens (tertiary/aromatic N) is 3. The van der Waals surface area contributed by atoms with E-state index >= 15 is 0 Å². The van der Waals surface area contributed by atoms with Crippen LogP contribution in [-0.4, -0.2) is 62.6 Å². The van der Waals surface area contributed by atoms with Crippen molar-refractivity contribution in [1.82, 2.24) is 9.88 Å². The van der Waals surface area contributed by atoms with Gasteiger partial charge in [-0.2, -0.15) is 13.2 Å². The predicted molar refractivity (Wildman–Crippen MR) is 106 cm³/mol. The molecule has 0 spiro atoms. The minimum Gasteiger partial charge on any atom is -0.380 e. The molecule has 1 aromatic heterocycles. The summed E-state index contributed by atoms with van der Waals surface area (Å²) in [7, 11) is -5.41. The van der Waals surface area contributed by atoms with Gasteiger partial charge in [-0.3, -0.25) is 4.90 Å². The van der Waals surface area contributed by atoms with Gasteiger partial charge in [-0.15, -0.1) is 0 Å². The number of halogens is 3. The molecule has 3 rings (SSSR count). The Morgan fingerprint density at radius 1 is 1.07 bits per heavy atom. The summed E-state index contributed by atoms with van der Waals surface area (Å²) >= 11 is 0. The van der Waals surface area contributed by atoms with Crippen molar-refractivity contribution in [2.75, 3.05) is 42.9 Å². The zero-order chi connectivity index (χ0) is 21.1. The second-order valence-corrected chi connectivity index (χ2v) is 8.88. The minimum atomic E-state index is -5.41. The molecular formula is C19H23F3N4O2S. The van der Waals surface area contributed by atoms with Gasteiger partial charge in [-0.05, 0) is 31.2 Å². The predicted octanol–water partition coefficient (Wildman–Crippen LogP) is 3.00. The summed E-state index contributed by atoms with van der Waals surface area (Å²) in [5.74, 6) is 0.921. The first-order valence-corrected chi connectivity index (χ1v) is 10.7. The van der Waals surface area contributed by atoms with Crippen LogP contribution < -0.4 is 10.2 Å². The lowest BCUT2D eigenvalue weighted by atomic mass is 10.2. The summed E-state index contributed by atoms with van der Waals surface area (Å²) in [5, 5.41) is 2.93. The van der Waals surface area contributed by atoms with E-state index in [1.165, 1.54) is 18.2 Å². The van der Waals surface area contributed by atoms with Gasteiger partial charge in [0.25, 0.3) is 9.84 Å². The van der Waals surface area contributed by atoms with Gasteiger partial charge in [0.2, 0.25) is 0 Å². The highest BCUT2D eigenvalue weighted by atomic mass is 32.2. The first kappa shape index (κ1) is 21.4. The standard InChI is InChI=1S/C19H23F3N4O2S/c1-15(14-25-10-12-26(13-11-25)18-8-4-5-9-23-18)24-16-6-2-3-7-17(16)29(27,28)19(20,21)22/h2-9,15,24H,10-14H2,1H3. The molecule has 2 aromatic rings. The Labute approximate surface area is 168 Å². The molecule has 1 N–H and O–H groups in total. The highest BCUT2D eigenvalue weighted by Crippen LogP contribution is 2.34. The normalized spacial score (nSPS) is 17.2. The van der Waals surface area contributed by atoms with Gasteiger partial charge in [0.05, 0.1) is 10.6 Å². The quantitative estimate of drug-likeness (QED) is 0.763. The Bertz CT molecular complexity index is 915. The molecule has 1 saturated heterocycles. The Morgan fingerprint density at radius 2 is 1.72 bits per heavy atom. The van der Waals surface area contributed by atoms with E-state index in [9.17, 15) is 21.6 Å². The molecule has 1 aliphatic heterocycles. The number of piperazine rings is 1. The fraction of sp³-hybridized carbons (Fsp3) is 0.421. The van der Waals surface area contributed by atoms with Gasteiger partial charge < -0.3 is 10.2 Å². The monoisotopic (exact) mass is 428 g/mol. The smallest absolute Gasteiger partial charge is 0.380 e. The van der Waals surface area contributed by atoms with E-state index in [2.05, 4.69) is 20.1 Å². The average Bonchev–Trinajstić information content (AvgIpc) is 2.68. The van der Waals surface area contributed by atoms with Crippen molar-refractivity contribution in [3.63, 3.8) is 0 Å². The van der Waals surface area contributed by atoms with Gasteiger partial charge in [-0.25, -0.2) is 13.4 Å². The average molecular weight is 428 g/mol. The second kappa shape index (κ2) is 8.58. The Morgan fingerprint density at radius 3 is 2.34 bits per heavy atom. The number of sulfone groups is 1. The zero-order valence-corrected chi connectivity index (χ0v) is 16.7. The summed E-state index contributed by atoms with van der Waals surface area (Å²) in [6.45, 7) is 5.56. The summed E-state index contributed by atoms with van der Waals surface area (Å²) in [6, 6.07) is 10.6. The number of hydrogen-bond donors (Lipinski definition) is 1. The molecular weight excluding hydrogens is 405 g/mol. The number of anilines is 2. The molecule has 6 nitrogen and oxygen atoms in total. The molecule has 1 unspecified atom stereocenters. The summed E-state index contributed by atoms with van der Waals surface area (Å²) in [6.07, 6.45) is 1.75. The first-order valence-electron chi connectivity index (χ1n) is 9.24. The molecule has 1 aromatic carbocycles. The van der Waals surface area contributed by atoms with E-state index < -0.39 is 20.2 Å². The Hall–Kier alpha value is -2.33. The molecule has 158 valence electrons. The van der Waals surface area contributed by atoms with Crippen LogP contribution in [0.15, 0.2) is 53.6 Å². The van der Waals surface area contributed by atoms with Crippen LogP contribution in [-0.2, 0) is 9.84 Å². The molecule has 0 radical (unpaired) electrons. The Kier molecular flexibility index (Phi) is 6.33. The number of aromatic nitrogens is 1. The lowest BCUT2D eigenvalue weighted by Gasteiger charge is -2.36. The van der Waals surface area contributed by atoms with Crippen molar-refractivity contribution < 1.29 is 21.6 Å². The van der Waals surface area contributed by atoms with Crippen molar-refractivity contribution >= 4 is 21.3 Å². The van der Waals surface area contributed by atoms with Crippen molar-refractivity contribution in [2.24, 2.45) is 0 Å². The van der Waals surface area contributed by atoms with Crippen LogP contribution >= 0.6 is 0 Å². The first-order chi connectivity index (χ1) is 13.7. The highest BCUT2D eigenvalue weighted by molar-refractivity contribution is 7.92. The largest absolute Gasteiger partial charge is 0.501 e. The van der Waals surface area contributed by atoms with Crippen molar-refractivity contribution in [3.05, 3.63) is 48.7 Å². The Balaban J connectivity index is 1.61. The third-order valence-electron chi connectivity index (χ3n) is 4.76. The molecule has 1 aliphatic rings. The number of rotatable bonds is 6. The fourth-order valence-corrected chi connectivity index (χ4v) is 4.27. The van der Waals surface area contributed by atoms with Crippen LogP contribution in [0.2, 0.25) is 0 Å². The van der Waals surface area contributed by atoms with Crippen LogP contribution in [0, 0.1) is 0 Å². The molecule has 0 bridgehead atoms. The summed E-state index contributed by atoms with van der Waals surface area (Å²) < 4.78 is 62.5. The summed E-state index contributed by atoms with van der Waals surface area (Å²) in [4.78, 5) is 7.97. The maximum absolute atomic E-state index is 13.0. The molecule has 1 fully saturated rings. The zero-order valence-electron chi connectivity index (χ0n) is 15.9. The van der Waals surface area contributed by atoms with E-state index in [0.29, 0.717) is 6.54 Å². The van der Waals surface area contributed by atoms with Gasteiger partial charge in [0.1, 0.15) is 5.82 Å². The minimum absolute atomic E-state index is 0.0375. The van der Waals surface area contributed by atoms with Crippen LogP contribution in [0.3, 0.4) is 0 Å². The second-order valence-electron chi connectivity index (χ2n) is 6.97. The number of hydrogen-bond acceptors (Lipinski definition) is 6. The topological polar surface area (TPSA) is 65.5 Å². The molecule has 1 atom stereocenters. The van der Waals surface area contributed by atoms with Crippen molar-refractivity contribution in [1.29, 1.82) is 0 Å². The maximum Gasteiger partial charge on any atom is 0.501 e. The lowest BCUT2D eigenvalue weighted by Crippen LogP contribution is -2.49. The molecule has 0 amide bonds. The van der Waals surface area contributed by atoms with Gasteiger partial charge >= 0.3 is 5.51 Å². The van der Waals surface area contributed by atoms with Gasteiger partial charge in [0.15, 0.2) is 0 Å². The van der Waals surface area contributed by atoms with Gasteiger partial charge in [-0.1, -0.05) is 18.2 Å². The third-order valence-corrected chi connectivity index (χ3v) is 6.31. The number of para-hydroxylation sites is 1.